The highest BCUT2D eigenvalue weighted by atomic mass is 19.4. The van der Waals surface area contributed by atoms with Gasteiger partial charge in [-0.25, -0.2) is 4.68 Å². The maximum atomic E-state index is 13.8. The summed E-state index contributed by atoms with van der Waals surface area (Å²) in [6, 6.07) is 8.21. The molecule has 6 atom stereocenters. The third-order valence-electron chi connectivity index (χ3n) is 7.42. The Hall–Kier alpha value is -2.51. The first-order valence-electron chi connectivity index (χ1n) is 11.1. The van der Waals surface area contributed by atoms with E-state index in [9.17, 15) is 18.0 Å². The second-order valence-electron chi connectivity index (χ2n) is 9.36. The van der Waals surface area contributed by atoms with E-state index >= 15 is 0 Å². The zero-order chi connectivity index (χ0) is 21.8. The highest BCUT2D eigenvalue weighted by molar-refractivity contribution is 5.93. The van der Waals surface area contributed by atoms with Crippen LogP contribution >= 0.6 is 0 Å². The van der Waals surface area contributed by atoms with E-state index in [1.54, 1.807) is 0 Å². The molecule has 0 unspecified atom stereocenters. The van der Waals surface area contributed by atoms with Crippen LogP contribution in [-0.2, 0) is 0 Å². The molecule has 2 heterocycles. The third kappa shape index (κ3) is 3.81. The summed E-state index contributed by atoms with van der Waals surface area (Å²) in [5.41, 5.74) is 0.806. The molecule has 0 spiro atoms. The summed E-state index contributed by atoms with van der Waals surface area (Å²) >= 11 is 0. The molecular weight excluding hydrogens is 405 g/mol. The maximum Gasteiger partial charge on any atom is 0.410 e. The van der Waals surface area contributed by atoms with Crippen LogP contribution in [0.15, 0.2) is 36.4 Å². The Morgan fingerprint density at radius 3 is 2.61 bits per heavy atom. The number of alkyl halides is 3. The fourth-order valence-corrected chi connectivity index (χ4v) is 5.88. The lowest BCUT2D eigenvalue weighted by Crippen LogP contribution is -2.40. The molecule has 5 rings (SSSR count). The van der Waals surface area contributed by atoms with Crippen LogP contribution in [0.25, 0.3) is 0 Å². The van der Waals surface area contributed by atoms with E-state index in [0.29, 0.717) is 11.8 Å². The summed E-state index contributed by atoms with van der Waals surface area (Å²) in [5, 5.41) is 10.2. The molecule has 31 heavy (non-hydrogen) atoms. The zero-order valence-corrected chi connectivity index (χ0v) is 17.4. The molecule has 5 nitrogen and oxygen atoms in total. The van der Waals surface area contributed by atoms with Crippen molar-refractivity contribution < 1.29 is 18.0 Å². The van der Waals surface area contributed by atoms with Crippen molar-refractivity contribution in [3.63, 3.8) is 0 Å². The smallest absolute Gasteiger partial charge is 0.363 e. The van der Waals surface area contributed by atoms with Gasteiger partial charge in [-0.05, 0) is 49.5 Å². The quantitative estimate of drug-likeness (QED) is 0.707. The van der Waals surface area contributed by atoms with E-state index in [2.05, 4.69) is 15.7 Å². The van der Waals surface area contributed by atoms with Crippen LogP contribution in [0.1, 0.15) is 67.2 Å². The largest absolute Gasteiger partial charge is 0.410 e. The number of aromatic nitrogens is 2. The molecular formula is C23H27F3N4O. The molecule has 2 N–H and O–H groups in total. The second-order valence-corrected chi connectivity index (χ2v) is 9.36. The normalized spacial score (nSPS) is 30.5. The van der Waals surface area contributed by atoms with Gasteiger partial charge in [-0.3, -0.25) is 4.79 Å². The molecule has 1 aromatic carbocycles. The van der Waals surface area contributed by atoms with Crippen molar-refractivity contribution in [2.24, 2.45) is 17.8 Å². The minimum atomic E-state index is -4.46. The van der Waals surface area contributed by atoms with Gasteiger partial charge in [0.25, 0.3) is 5.91 Å². The van der Waals surface area contributed by atoms with Crippen LogP contribution in [0.3, 0.4) is 0 Å². The Balaban J connectivity index is 1.36. The van der Waals surface area contributed by atoms with E-state index in [0.717, 1.165) is 22.6 Å². The number of benzene rings is 1. The number of hydrogen-bond donors (Lipinski definition) is 2. The Morgan fingerprint density at radius 1 is 1.19 bits per heavy atom. The minimum Gasteiger partial charge on any atom is -0.363 e. The van der Waals surface area contributed by atoms with Gasteiger partial charge >= 0.3 is 6.18 Å². The summed E-state index contributed by atoms with van der Waals surface area (Å²) in [6.07, 6.45) is 0.226. The number of nitrogens with zero attached hydrogens (tertiary/aromatic N) is 2. The van der Waals surface area contributed by atoms with Crippen LogP contribution in [-0.4, -0.2) is 27.9 Å². The van der Waals surface area contributed by atoms with Crippen LogP contribution < -0.4 is 10.6 Å². The van der Waals surface area contributed by atoms with Crippen molar-refractivity contribution in [2.45, 2.75) is 63.3 Å². The van der Waals surface area contributed by atoms with Gasteiger partial charge in [0.2, 0.25) is 0 Å². The number of carbonyl (C=O) groups excluding carboxylic acids is 1. The van der Waals surface area contributed by atoms with Crippen LogP contribution in [0.4, 0.5) is 19.0 Å². The third-order valence-corrected chi connectivity index (χ3v) is 7.42. The molecule has 1 aliphatic heterocycles. The average molecular weight is 432 g/mol. The lowest BCUT2D eigenvalue weighted by molar-refractivity contribution is -0.173. The Bertz CT molecular complexity index is 957. The summed E-state index contributed by atoms with van der Waals surface area (Å²) in [4.78, 5) is 12.8. The van der Waals surface area contributed by atoms with Crippen molar-refractivity contribution in [1.82, 2.24) is 15.1 Å². The van der Waals surface area contributed by atoms with Crippen LogP contribution in [0.5, 0.6) is 0 Å². The summed E-state index contributed by atoms with van der Waals surface area (Å²) in [6.45, 7) is 2.00. The van der Waals surface area contributed by atoms with Crippen LogP contribution in [0, 0.1) is 17.8 Å². The lowest BCUT2D eigenvalue weighted by atomic mass is 9.84. The van der Waals surface area contributed by atoms with Gasteiger partial charge in [-0.1, -0.05) is 36.8 Å². The highest BCUT2D eigenvalue weighted by Gasteiger charge is 2.47. The van der Waals surface area contributed by atoms with Crippen molar-refractivity contribution in [3.8, 4) is 0 Å². The number of fused-ring (bicyclic) bond motifs is 3. The van der Waals surface area contributed by atoms with Gasteiger partial charge in [-0.15, -0.1) is 0 Å². The van der Waals surface area contributed by atoms with Gasteiger partial charge in [0.05, 0.1) is 6.04 Å². The summed E-state index contributed by atoms with van der Waals surface area (Å²) < 4.78 is 42.4. The fourth-order valence-electron chi connectivity index (χ4n) is 5.88. The van der Waals surface area contributed by atoms with E-state index in [4.69, 9.17) is 0 Å². The number of nitrogens with one attached hydrogen (secondary N) is 2. The molecule has 2 aromatic rings. The van der Waals surface area contributed by atoms with E-state index in [-0.39, 0.29) is 24.0 Å². The molecule has 0 radical (unpaired) electrons. The average Bonchev–Trinajstić information content (AvgIpc) is 3.48. The van der Waals surface area contributed by atoms with E-state index in [1.807, 2.05) is 37.3 Å². The predicted molar refractivity (Wildman–Crippen MR) is 111 cm³/mol. The first-order valence-corrected chi connectivity index (χ1v) is 11.1. The predicted octanol–water partition coefficient (Wildman–Crippen LogP) is 5.10. The molecule has 2 bridgehead atoms. The molecule has 1 aromatic heterocycles. The van der Waals surface area contributed by atoms with Gasteiger partial charge in [0.15, 0.2) is 11.7 Å². The molecule has 166 valence electrons. The van der Waals surface area contributed by atoms with Gasteiger partial charge in [-0.2, -0.15) is 18.3 Å². The number of carbonyl (C=O) groups is 1. The van der Waals surface area contributed by atoms with Crippen molar-refractivity contribution in [1.29, 1.82) is 0 Å². The van der Waals surface area contributed by atoms with Crippen molar-refractivity contribution in [2.75, 3.05) is 5.32 Å². The van der Waals surface area contributed by atoms with Crippen molar-refractivity contribution in [3.05, 3.63) is 47.7 Å². The van der Waals surface area contributed by atoms with Gasteiger partial charge in [0.1, 0.15) is 5.82 Å². The number of halogens is 3. The molecule has 1 amide bonds. The molecule has 3 aliphatic rings. The summed E-state index contributed by atoms with van der Waals surface area (Å²) in [7, 11) is 0. The van der Waals surface area contributed by atoms with E-state index < -0.39 is 24.2 Å². The monoisotopic (exact) mass is 432 g/mol. The molecule has 8 heteroatoms. The number of hydrogen-bond acceptors (Lipinski definition) is 3. The molecule has 2 saturated carbocycles. The topological polar surface area (TPSA) is 59.0 Å². The van der Waals surface area contributed by atoms with Gasteiger partial charge < -0.3 is 10.6 Å². The lowest BCUT2D eigenvalue weighted by Gasteiger charge is -2.33. The molecule has 2 aliphatic carbocycles. The number of anilines is 1. The standard InChI is InChI=1S/C23H27F3N4O/c1-13(17-10-14-7-8-16(17)9-14)27-22(31)19-12-21-28-18(15-5-3-2-4-6-15)11-20(23(24,25)26)30(21)29-19/h2-6,12-14,16-18,20,28H,7-11H2,1H3,(H,27,31)/t13-,14+,16+,17-,18+,20-/m0/s1. The number of rotatable bonds is 4. The highest BCUT2D eigenvalue weighted by Crippen LogP contribution is 2.49. The SMILES string of the molecule is C[C@H](NC(=O)c1cc2n(n1)[C@H](C(F)(F)F)C[C@H](c1ccccc1)N2)[C@@H]1C[C@@H]2CC[C@@H]1C2. The minimum absolute atomic E-state index is 0.00929. The van der Waals surface area contributed by atoms with Gasteiger partial charge in [0, 0.05) is 18.5 Å². The molecule has 2 fully saturated rings. The Kier molecular flexibility index (Phi) is 4.98. The maximum absolute atomic E-state index is 13.8. The first-order chi connectivity index (χ1) is 14.8. The molecule has 0 saturated heterocycles. The van der Waals surface area contributed by atoms with Crippen LogP contribution in [0.2, 0.25) is 0 Å². The fraction of sp³-hybridized carbons (Fsp3) is 0.565. The Morgan fingerprint density at radius 2 is 1.97 bits per heavy atom. The number of amides is 1. The second kappa shape index (κ2) is 7.57. The van der Waals surface area contributed by atoms with Crippen molar-refractivity contribution >= 4 is 11.7 Å². The zero-order valence-electron chi connectivity index (χ0n) is 17.4. The van der Waals surface area contributed by atoms with E-state index in [1.165, 1.54) is 25.3 Å². The first kappa shape index (κ1) is 20.4. The summed E-state index contributed by atoms with van der Waals surface area (Å²) in [5.74, 6) is 1.68. The Labute approximate surface area is 179 Å².